The fraction of sp³-hybridized carbons (Fsp3) is 0.333. The van der Waals surface area contributed by atoms with Crippen LogP contribution in [0.2, 0.25) is 0 Å². The zero-order valence-electron chi connectivity index (χ0n) is 14.1. The van der Waals surface area contributed by atoms with Crippen LogP contribution in [0.5, 0.6) is 0 Å². The number of aliphatic hydroxyl groups excluding tert-OH is 1. The van der Waals surface area contributed by atoms with Crippen LogP contribution in [-0.2, 0) is 6.61 Å². The van der Waals surface area contributed by atoms with Crippen LogP contribution >= 0.6 is 23.6 Å². The monoisotopic (exact) mass is 385 g/mol. The molecule has 4 rings (SSSR count). The van der Waals surface area contributed by atoms with Gasteiger partial charge >= 0.3 is 0 Å². The molecule has 3 aromatic heterocycles. The van der Waals surface area contributed by atoms with Gasteiger partial charge in [-0.2, -0.15) is 0 Å². The maximum Gasteiger partial charge on any atom is 0.180 e. The minimum Gasteiger partial charge on any atom is -0.391 e. The third kappa shape index (κ3) is 3.82. The Labute approximate surface area is 160 Å². The number of thiophene rings is 1. The first kappa shape index (κ1) is 17.3. The highest BCUT2D eigenvalue weighted by molar-refractivity contribution is 7.80. The lowest BCUT2D eigenvalue weighted by Gasteiger charge is -2.15. The predicted octanol–water partition coefficient (Wildman–Crippen LogP) is 3.47. The van der Waals surface area contributed by atoms with E-state index in [9.17, 15) is 5.11 Å². The van der Waals surface area contributed by atoms with Crippen molar-refractivity contribution >= 4 is 45.6 Å². The molecule has 0 amide bonds. The number of nitrogens with zero attached hydrogens (tertiary/aromatic N) is 3. The normalized spacial score (nSPS) is 14.7. The van der Waals surface area contributed by atoms with Crippen LogP contribution in [0.4, 0.5) is 5.82 Å². The van der Waals surface area contributed by atoms with Crippen molar-refractivity contribution in [1.82, 2.24) is 20.3 Å². The molecule has 0 aliphatic heterocycles. The Hall–Kier alpha value is -2.16. The number of anilines is 1. The Kier molecular flexibility index (Phi) is 5.05. The minimum atomic E-state index is 0.0312. The molecule has 3 N–H and O–H groups in total. The number of fused-ring (bicyclic) bond motifs is 1. The van der Waals surface area contributed by atoms with Crippen LogP contribution in [0.15, 0.2) is 29.8 Å². The van der Waals surface area contributed by atoms with E-state index >= 15 is 0 Å². The molecular formula is C18H19N5OS2. The third-order valence-electron chi connectivity index (χ3n) is 4.44. The van der Waals surface area contributed by atoms with Crippen LogP contribution < -0.4 is 10.6 Å². The average molecular weight is 386 g/mol. The topological polar surface area (TPSA) is 83.0 Å². The molecule has 8 heteroatoms. The standard InChI is InChI=1S/C18H19N5OS2/c24-9-13-7-11(10-26-13)15-8-19-14-5-6-16(22-17(14)21-15)23-18(25)20-12-3-1-2-4-12/h5-8,10,12,24H,1-4,9H2,(H2,20,21,22,23,25). The molecule has 1 aliphatic rings. The number of hydrogen-bond donors (Lipinski definition) is 3. The summed E-state index contributed by atoms with van der Waals surface area (Å²) in [6.07, 6.45) is 6.57. The summed E-state index contributed by atoms with van der Waals surface area (Å²) in [6.45, 7) is 0.0312. The zero-order chi connectivity index (χ0) is 17.9. The first-order chi connectivity index (χ1) is 12.7. The van der Waals surface area contributed by atoms with E-state index < -0.39 is 0 Å². The van der Waals surface area contributed by atoms with Gasteiger partial charge in [0.15, 0.2) is 10.8 Å². The molecular weight excluding hydrogens is 366 g/mol. The fourth-order valence-electron chi connectivity index (χ4n) is 3.11. The lowest BCUT2D eigenvalue weighted by atomic mass is 10.2. The summed E-state index contributed by atoms with van der Waals surface area (Å²) >= 11 is 6.89. The predicted molar refractivity (Wildman–Crippen MR) is 108 cm³/mol. The van der Waals surface area contributed by atoms with Gasteiger partial charge in [0.05, 0.1) is 18.5 Å². The van der Waals surface area contributed by atoms with Crippen LogP contribution in [0.3, 0.4) is 0 Å². The first-order valence-corrected chi connectivity index (χ1v) is 9.90. The Morgan fingerprint density at radius 3 is 2.88 bits per heavy atom. The van der Waals surface area contributed by atoms with Gasteiger partial charge < -0.3 is 15.7 Å². The lowest BCUT2D eigenvalue weighted by Crippen LogP contribution is -2.36. The molecule has 0 bridgehead atoms. The summed E-state index contributed by atoms with van der Waals surface area (Å²) in [6, 6.07) is 6.12. The first-order valence-electron chi connectivity index (χ1n) is 8.61. The summed E-state index contributed by atoms with van der Waals surface area (Å²) in [5.74, 6) is 0.654. The van der Waals surface area contributed by atoms with Crippen LogP contribution in [0.1, 0.15) is 30.6 Å². The largest absolute Gasteiger partial charge is 0.391 e. The van der Waals surface area contributed by atoms with Gasteiger partial charge in [0.1, 0.15) is 11.3 Å². The smallest absolute Gasteiger partial charge is 0.180 e. The second-order valence-corrected chi connectivity index (χ2v) is 7.74. The van der Waals surface area contributed by atoms with Crippen molar-refractivity contribution in [2.75, 3.05) is 5.32 Å². The number of nitrogens with one attached hydrogen (secondary N) is 2. The highest BCUT2D eigenvalue weighted by Gasteiger charge is 2.15. The highest BCUT2D eigenvalue weighted by Crippen LogP contribution is 2.25. The number of thiocarbonyl (C=S) groups is 1. The number of hydrogen-bond acceptors (Lipinski definition) is 6. The fourth-order valence-corrected chi connectivity index (χ4v) is 4.12. The van der Waals surface area contributed by atoms with Crippen molar-refractivity contribution in [3.8, 4) is 11.3 Å². The quantitative estimate of drug-likeness (QED) is 0.593. The summed E-state index contributed by atoms with van der Waals surface area (Å²) < 4.78 is 0. The zero-order valence-corrected chi connectivity index (χ0v) is 15.7. The third-order valence-corrected chi connectivity index (χ3v) is 5.59. The molecule has 6 nitrogen and oxygen atoms in total. The van der Waals surface area contributed by atoms with Crippen molar-refractivity contribution in [1.29, 1.82) is 0 Å². The average Bonchev–Trinajstić information content (AvgIpc) is 3.32. The molecule has 3 aromatic rings. The lowest BCUT2D eigenvalue weighted by molar-refractivity contribution is 0.285. The maximum absolute atomic E-state index is 9.23. The van der Waals surface area contributed by atoms with Crippen molar-refractivity contribution in [2.45, 2.75) is 38.3 Å². The number of aliphatic hydroxyl groups is 1. The summed E-state index contributed by atoms with van der Waals surface area (Å²) in [5, 5.41) is 18.3. The van der Waals surface area contributed by atoms with Gasteiger partial charge in [0, 0.05) is 21.9 Å². The number of rotatable bonds is 4. The Morgan fingerprint density at radius 1 is 1.27 bits per heavy atom. The molecule has 3 heterocycles. The summed E-state index contributed by atoms with van der Waals surface area (Å²) in [5.41, 5.74) is 2.97. The van der Waals surface area contributed by atoms with Crippen molar-refractivity contribution in [3.63, 3.8) is 0 Å². The summed E-state index contributed by atoms with van der Waals surface area (Å²) in [7, 11) is 0. The SMILES string of the molecule is OCc1cc(-c2cnc3ccc(NC(=S)NC4CCCC4)nc3n2)cs1. The van der Waals surface area contributed by atoms with Gasteiger partial charge in [-0.1, -0.05) is 12.8 Å². The second kappa shape index (κ2) is 7.61. The van der Waals surface area contributed by atoms with E-state index in [4.69, 9.17) is 12.2 Å². The maximum atomic E-state index is 9.23. The van der Waals surface area contributed by atoms with Crippen molar-refractivity contribution in [2.24, 2.45) is 0 Å². The molecule has 1 saturated carbocycles. The number of aromatic nitrogens is 3. The van der Waals surface area contributed by atoms with Crippen molar-refractivity contribution < 1.29 is 5.11 Å². The van der Waals surface area contributed by atoms with Crippen LogP contribution in [-0.4, -0.2) is 31.2 Å². The molecule has 134 valence electrons. The molecule has 0 radical (unpaired) electrons. The van der Waals surface area contributed by atoms with Gasteiger partial charge in [-0.05, 0) is 43.3 Å². The molecule has 26 heavy (non-hydrogen) atoms. The van der Waals surface area contributed by atoms with Gasteiger partial charge in [-0.15, -0.1) is 11.3 Å². The van der Waals surface area contributed by atoms with E-state index in [0.717, 1.165) is 34.5 Å². The van der Waals surface area contributed by atoms with Crippen LogP contribution in [0.25, 0.3) is 22.4 Å². The van der Waals surface area contributed by atoms with Gasteiger partial charge in [-0.3, -0.25) is 4.98 Å². The Bertz CT molecular complexity index is 936. The molecule has 0 atom stereocenters. The van der Waals surface area contributed by atoms with E-state index in [0.29, 0.717) is 22.6 Å². The highest BCUT2D eigenvalue weighted by atomic mass is 32.1. The van der Waals surface area contributed by atoms with E-state index in [-0.39, 0.29) is 6.61 Å². The molecule has 1 fully saturated rings. The van der Waals surface area contributed by atoms with Gasteiger partial charge in [0.25, 0.3) is 0 Å². The Balaban J connectivity index is 1.54. The minimum absolute atomic E-state index is 0.0312. The van der Waals surface area contributed by atoms with Gasteiger partial charge in [0.2, 0.25) is 0 Å². The second-order valence-electron chi connectivity index (χ2n) is 6.33. The molecule has 0 aromatic carbocycles. The van der Waals surface area contributed by atoms with E-state index in [2.05, 4.69) is 25.6 Å². The van der Waals surface area contributed by atoms with E-state index in [1.165, 1.54) is 24.2 Å². The molecule has 1 aliphatic carbocycles. The van der Waals surface area contributed by atoms with E-state index in [1.807, 2.05) is 23.6 Å². The molecule has 0 unspecified atom stereocenters. The molecule has 0 spiro atoms. The summed E-state index contributed by atoms with van der Waals surface area (Å²) in [4.78, 5) is 14.5. The van der Waals surface area contributed by atoms with Gasteiger partial charge in [-0.25, -0.2) is 9.97 Å². The Morgan fingerprint density at radius 2 is 2.12 bits per heavy atom. The van der Waals surface area contributed by atoms with Crippen LogP contribution in [0, 0.1) is 0 Å². The van der Waals surface area contributed by atoms with Crippen molar-refractivity contribution in [3.05, 3.63) is 34.7 Å². The van der Waals surface area contributed by atoms with E-state index in [1.54, 1.807) is 6.20 Å². The number of pyridine rings is 1. The molecule has 0 saturated heterocycles.